The zero-order valence-corrected chi connectivity index (χ0v) is 22.0. The molecule has 2 saturated carbocycles. The number of alkyl halides is 3. The number of aromatic nitrogens is 3. The molecule has 0 aromatic carbocycles. The zero-order valence-electron chi connectivity index (χ0n) is 22.0. The summed E-state index contributed by atoms with van der Waals surface area (Å²) in [5.74, 6) is -0.260. The van der Waals surface area contributed by atoms with E-state index < -0.39 is 23.0 Å². The summed E-state index contributed by atoms with van der Waals surface area (Å²) >= 11 is 0. The van der Waals surface area contributed by atoms with Crippen molar-refractivity contribution >= 4 is 17.8 Å². The Morgan fingerprint density at radius 2 is 1.98 bits per heavy atom. The van der Waals surface area contributed by atoms with Gasteiger partial charge in [0.2, 0.25) is 0 Å². The fraction of sp³-hybridized carbons (Fsp3) is 0.483. The number of allylic oxidation sites excluding steroid dienone is 2. The van der Waals surface area contributed by atoms with Gasteiger partial charge in [0, 0.05) is 0 Å². The van der Waals surface area contributed by atoms with Crippen molar-refractivity contribution in [3.8, 4) is 6.07 Å². The highest BCUT2D eigenvalue weighted by Gasteiger charge is 2.49. The molecule has 40 heavy (non-hydrogen) atoms. The maximum absolute atomic E-state index is 13.5. The topological polar surface area (TPSA) is 118 Å². The van der Waals surface area contributed by atoms with Crippen LogP contribution in [0.5, 0.6) is 0 Å². The lowest BCUT2D eigenvalue weighted by Crippen LogP contribution is -2.31. The molecule has 3 unspecified atom stereocenters. The number of hydrogen-bond acceptors (Lipinski definition) is 7. The highest BCUT2D eigenvalue weighted by atomic mass is 19.4. The number of hydrogen-bond donors (Lipinski definition) is 1. The molecule has 206 valence electrons. The van der Waals surface area contributed by atoms with Crippen molar-refractivity contribution in [2.24, 2.45) is 32.0 Å². The third-order valence-electron chi connectivity index (χ3n) is 8.54. The second-order valence-corrected chi connectivity index (χ2v) is 11.0. The summed E-state index contributed by atoms with van der Waals surface area (Å²) in [4.78, 5) is 13.2. The van der Waals surface area contributed by atoms with Crippen LogP contribution in [-0.4, -0.2) is 51.5 Å². The summed E-state index contributed by atoms with van der Waals surface area (Å²) in [5.41, 5.74) is 11.1. The first-order valence-electron chi connectivity index (χ1n) is 13.6. The highest BCUT2D eigenvalue weighted by Crippen LogP contribution is 2.55. The molecule has 2 aliphatic carbocycles. The molecule has 0 spiro atoms. The maximum atomic E-state index is 13.5. The lowest BCUT2D eigenvalue weighted by Gasteiger charge is -2.29. The first-order valence-corrected chi connectivity index (χ1v) is 13.6. The number of nitrogens with zero attached hydrogens (tertiary/aromatic N) is 7. The second kappa shape index (κ2) is 9.86. The van der Waals surface area contributed by atoms with Gasteiger partial charge >= 0.3 is 6.18 Å². The van der Waals surface area contributed by atoms with Gasteiger partial charge in [-0.1, -0.05) is 30.7 Å². The molecule has 1 aromatic rings. The van der Waals surface area contributed by atoms with Gasteiger partial charge in [-0.15, -0.1) is 10.8 Å². The molecule has 11 heteroatoms. The van der Waals surface area contributed by atoms with Gasteiger partial charge in [-0.3, -0.25) is 9.98 Å². The number of amidine groups is 1. The summed E-state index contributed by atoms with van der Waals surface area (Å²) < 4.78 is 42.4. The van der Waals surface area contributed by atoms with Crippen LogP contribution >= 0.6 is 0 Å². The lowest BCUT2D eigenvalue weighted by atomic mass is 9.78. The van der Waals surface area contributed by atoms with Crippen molar-refractivity contribution in [2.45, 2.75) is 69.6 Å². The van der Waals surface area contributed by atoms with Crippen molar-refractivity contribution in [3.63, 3.8) is 0 Å². The summed E-state index contributed by atoms with van der Waals surface area (Å²) in [6, 6.07) is 2.19. The Labute approximate surface area is 230 Å². The molecule has 2 N–H and O–H groups in total. The van der Waals surface area contributed by atoms with Crippen molar-refractivity contribution in [1.29, 1.82) is 5.26 Å². The predicted octanol–water partition coefficient (Wildman–Crippen LogP) is 5.08. The maximum Gasteiger partial charge on any atom is 0.419 e. The van der Waals surface area contributed by atoms with Crippen LogP contribution in [0.1, 0.15) is 68.8 Å². The third-order valence-corrected chi connectivity index (χ3v) is 8.54. The molecule has 3 atom stereocenters. The molecule has 0 saturated heterocycles. The van der Waals surface area contributed by atoms with Gasteiger partial charge in [0.15, 0.2) is 0 Å². The minimum Gasteiger partial charge on any atom is -0.383 e. The molecule has 5 aliphatic rings. The number of aliphatic imine (C=N–C) groups is 3. The first-order chi connectivity index (χ1) is 19.2. The fourth-order valence-electron chi connectivity index (χ4n) is 6.23. The molecule has 2 fully saturated rings. The van der Waals surface area contributed by atoms with Crippen LogP contribution in [0.3, 0.4) is 0 Å². The molecule has 8 nitrogen and oxygen atoms in total. The Morgan fingerprint density at radius 3 is 2.70 bits per heavy atom. The standard InChI is InChI=1S/C29H29F3N8/c1-2-20(28(16-33)11-12-28)17-5-3-4-6-19(8-7-17)40-26-24(38-39-40)15-35-23-10-9-22(37-25(23)26)18-13-21(29(30,31)32)27(34)36-14-18/h9-10,13,15,17,19,23H,1,3-8,11-12,14H2,(H2,34,36). The van der Waals surface area contributed by atoms with E-state index in [2.05, 4.69) is 38.7 Å². The molecule has 6 rings (SSSR count). The Bertz CT molecular complexity index is 1520. The number of fused-ring (bicyclic) bond motifs is 3. The van der Waals surface area contributed by atoms with Gasteiger partial charge in [-0.25, -0.2) is 9.67 Å². The van der Waals surface area contributed by atoms with E-state index in [0.717, 1.165) is 68.7 Å². The van der Waals surface area contributed by atoms with Crippen LogP contribution in [0.15, 0.2) is 67.9 Å². The Balaban J connectivity index is 1.32. The van der Waals surface area contributed by atoms with E-state index in [4.69, 9.17) is 10.7 Å². The van der Waals surface area contributed by atoms with Crippen LogP contribution in [0.2, 0.25) is 0 Å². The van der Waals surface area contributed by atoms with E-state index in [9.17, 15) is 18.4 Å². The zero-order chi connectivity index (χ0) is 28.1. The lowest BCUT2D eigenvalue weighted by molar-refractivity contribution is -0.0863. The average Bonchev–Trinajstić information content (AvgIpc) is 3.60. The van der Waals surface area contributed by atoms with Crippen LogP contribution in [-0.2, 0) is 0 Å². The number of halogens is 3. The smallest absolute Gasteiger partial charge is 0.383 e. The van der Waals surface area contributed by atoms with Gasteiger partial charge in [-0.05, 0) is 67.7 Å². The van der Waals surface area contributed by atoms with Crippen molar-refractivity contribution in [2.75, 3.05) is 6.54 Å². The Kier molecular flexibility index (Phi) is 6.46. The molecular formula is C29H29F3N8. The predicted molar refractivity (Wildman–Crippen MR) is 145 cm³/mol. The van der Waals surface area contributed by atoms with Crippen LogP contribution < -0.4 is 5.73 Å². The summed E-state index contributed by atoms with van der Waals surface area (Å²) in [5, 5.41) is 18.7. The Morgan fingerprint density at radius 1 is 1.18 bits per heavy atom. The average molecular weight is 547 g/mol. The molecule has 0 amide bonds. The van der Waals surface area contributed by atoms with E-state index in [1.807, 2.05) is 10.8 Å². The fourth-order valence-corrected chi connectivity index (χ4v) is 6.23. The van der Waals surface area contributed by atoms with Crippen LogP contribution in [0.25, 0.3) is 0 Å². The number of rotatable bonds is 3. The van der Waals surface area contributed by atoms with Crippen molar-refractivity contribution in [3.05, 3.63) is 64.3 Å². The van der Waals surface area contributed by atoms with E-state index in [1.54, 1.807) is 12.3 Å². The minimum absolute atomic E-state index is 0.00747. The van der Waals surface area contributed by atoms with E-state index in [0.29, 0.717) is 22.7 Å². The van der Waals surface area contributed by atoms with Crippen molar-refractivity contribution < 1.29 is 13.2 Å². The van der Waals surface area contributed by atoms with Crippen LogP contribution in [0, 0.1) is 22.7 Å². The van der Waals surface area contributed by atoms with Gasteiger partial charge in [-0.2, -0.15) is 18.4 Å². The number of nitrogens with two attached hydrogens (primary N) is 1. The van der Waals surface area contributed by atoms with Gasteiger partial charge in [0.05, 0.1) is 47.3 Å². The first kappa shape index (κ1) is 26.2. The van der Waals surface area contributed by atoms with Gasteiger partial charge in [0.25, 0.3) is 0 Å². The molecule has 3 aliphatic heterocycles. The summed E-state index contributed by atoms with van der Waals surface area (Å²) in [6.07, 6.45) is 9.10. The third kappa shape index (κ3) is 4.56. The SMILES string of the molecule is C=C=C(C1CCCCC(n2nnc3c2C2=NC(=C4C=C(C(F)(F)F)C(N)=NC4)C=CC2N=C3)CC1)C1(C#N)CC1. The van der Waals surface area contributed by atoms with E-state index >= 15 is 0 Å². The molecule has 1 aromatic heterocycles. The van der Waals surface area contributed by atoms with Crippen molar-refractivity contribution in [1.82, 2.24) is 15.0 Å². The monoisotopic (exact) mass is 546 g/mol. The normalized spacial score (nSPS) is 28.9. The summed E-state index contributed by atoms with van der Waals surface area (Å²) in [6.45, 7) is 3.93. The minimum atomic E-state index is -4.61. The van der Waals surface area contributed by atoms with Crippen LogP contribution in [0.4, 0.5) is 13.2 Å². The molecule has 4 heterocycles. The molecular weight excluding hydrogens is 517 g/mol. The largest absolute Gasteiger partial charge is 0.419 e. The second-order valence-electron chi connectivity index (χ2n) is 11.0. The quantitative estimate of drug-likeness (QED) is 0.532. The number of dihydropyridines is 2. The van der Waals surface area contributed by atoms with Gasteiger partial charge in [0.1, 0.15) is 23.3 Å². The van der Waals surface area contributed by atoms with E-state index in [1.165, 1.54) is 0 Å². The van der Waals surface area contributed by atoms with Gasteiger partial charge < -0.3 is 5.73 Å². The number of nitriles is 1. The summed E-state index contributed by atoms with van der Waals surface area (Å²) in [7, 11) is 0. The highest BCUT2D eigenvalue weighted by molar-refractivity contribution is 6.13. The Hall–Kier alpha value is -4.03. The molecule has 0 radical (unpaired) electrons. The van der Waals surface area contributed by atoms with E-state index in [-0.39, 0.29) is 24.5 Å². The molecule has 0 bridgehead atoms.